The average Bonchev–Trinajstić information content (AvgIpc) is 3.35. The number of hydrogen-bond donors (Lipinski definition) is 1. The van der Waals surface area contributed by atoms with Gasteiger partial charge in [0.1, 0.15) is 17.0 Å². The lowest BCUT2D eigenvalue weighted by Gasteiger charge is -2.34. The van der Waals surface area contributed by atoms with E-state index in [9.17, 15) is 4.79 Å². The average molecular weight is 404 g/mol. The summed E-state index contributed by atoms with van der Waals surface area (Å²) in [4.78, 5) is 28.1. The Hall–Kier alpha value is -1.77. The Labute approximate surface area is 170 Å². The molecule has 8 heteroatoms. The van der Waals surface area contributed by atoms with Crippen molar-refractivity contribution in [2.45, 2.75) is 39.2 Å². The van der Waals surface area contributed by atoms with Crippen LogP contribution in [0.25, 0.3) is 10.2 Å². The van der Waals surface area contributed by atoms with Gasteiger partial charge in [0.05, 0.1) is 16.4 Å². The Morgan fingerprint density at radius 2 is 2.14 bits per heavy atom. The number of amides is 1. The Kier molecular flexibility index (Phi) is 6.08. The van der Waals surface area contributed by atoms with Gasteiger partial charge in [0.2, 0.25) is 0 Å². The number of carbonyl (C=O) groups is 1. The molecule has 2 saturated heterocycles. The van der Waals surface area contributed by atoms with Gasteiger partial charge in [0.15, 0.2) is 0 Å². The molecule has 2 aromatic heterocycles. The van der Waals surface area contributed by atoms with E-state index in [2.05, 4.69) is 27.1 Å². The second-order valence-electron chi connectivity index (χ2n) is 7.61. The number of rotatable bonds is 6. The van der Waals surface area contributed by atoms with Gasteiger partial charge in [-0.15, -0.1) is 11.3 Å². The van der Waals surface area contributed by atoms with E-state index in [0.29, 0.717) is 0 Å². The molecular formula is C20H29N5O2S. The van der Waals surface area contributed by atoms with Crippen LogP contribution in [0.3, 0.4) is 0 Å². The van der Waals surface area contributed by atoms with Crippen LogP contribution in [0.4, 0.5) is 5.82 Å². The van der Waals surface area contributed by atoms with Crippen LogP contribution in [0.5, 0.6) is 0 Å². The maximum absolute atomic E-state index is 13.2. The number of thiophene rings is 1. The molecule has 0 spiro atoms. The Bertz CT molecular complexity index is 825. The molecule has 1 atom stereocenters. The van der Waals surface area contributed by atoms with E-state index in [1.54, 1.807) is 6.33 Å². The SMILES string of the molecule is CCCN1CCN(C(=O)c2sc3ncnc(NCC4CCCO4)c3c2C)CC1. The van der Waals surface area contributed by atoms with Crippen LogP contribution >= 0.6 is 11.3 Å². The van der Waals surface area contributed by atoms with Crippen molar-refractivity contribution in [2.75, 3.05) is 51.2 Å². The first-order chi connectivity index (χ1) is 13.7. The number of piperazine rings is 1. The summed E-state index contributed by atoms with van der Waals surface area (Å²) in [7, 11) is 0. The normalized spacial score (nSPS) is 20.8. The molecule has 4 heterocycles. The van der Waals surface area contributed by atoms with Crippen molar-refractivity contribution in [1.82, 2.24) is 19.8 Å². The van der Waals surface area contributed by atoms with Crippen molar-refractivity contribution in [3.63, 3.8) is 0 Å². The molecule has 152 valence electrons. The van der Waals surface area contributed by atoms with Crippen molar-refractivity contribution < 1.29 is 9.53 Å². The number of ether oxygens (including phenoxy) is 1. The van der Waals surface area contributed by atoms with Crippen molar-refractivity contribution in [3.05, 3.63) is 16.8 Å². The van der Waals surface area contributed by atoms with Gasteiger partial charge >= 0.3 is 0 Å². The monoisotopic (exact) mass is 403 g/mol. The molecule has 0 radical (unpaired) electrons. The first kappa shape index (κ1) is 19.5. The summed E-state index contributed by atoms with van der Waals surface area (Å²) in [5, 5.41) is 4.39. The van der Waals surface area contributed by atoms with Crippen molar-refractivity contribution in [2.24, 2.45) is 0 Å². The van der Waals surface area contributed by atoms with Gasteiger partial charge in [0.25, 0.3) is 5.91 Å². The van der Waals surface area contributed by atoms with Crippen LogP contribution in [0.1, 0.15) is 41.4 Å². The highest BCUT2D eigenvalue weighted by Gasteiger charge is 2.26. The lowest BCUT2D eigenvalue weighted by molar-refractivity contribution is 0.0641. The highest BCUT2D eigenvalue weighted by molar-refractivity contribution is 7.20. The Morgan fingerprint density at radius 1 is 1.32 bits per heavy atom. The van der Waals surface area contributed by atoms with E-state index in [1.165, 1.54) is 11.3 Å². The van der Waals surface area contributed by atoms with Crippen LogP contribution in [0, 0.1) is 6.92 Å². The molecule has 7 nitrogen and oxygen atoms in total. The Balaban J connectivity index is 1.51. The molecule has 4 rings (SSSR count). The van der Waals surface area contributed by atoms with Crippen LogP contribution in [-0.4, -0.2) is 77.7 Å². The topological polar surface area (TPSA) is 70.6 Å². The third kappa shape index (κ3) is 3.99. The molecule has 2 aromatic rings. The second kappa shape index (κ2) is 8.71. The summed E-state index contributed by atoms with van der Waals surface area (Å²) < 4.78 is 5.70. The molecule has 28 heavy (non-hydrogen) atoms. The summed E-state index contributed by atoms with van der Waals surface area (Å²) in [6, 6.07) is 0. The first-order valence-corrected chi connectivity index (χ1v) is 11.1. The predicted molar refractivity (Wildman–Crippen MR) is 112 cm³/mol. The number of aromatic nitrogens is 2. The molecule has 2 fully saturated rings. The van der Waals surface area contributed by atoms with Gasteiger partial charge in [-0.25, -0.2) is 9.97 Å². The molecule has 1 unspecified atom stereocenters. The van der Waals surface area contributed by atoms with E-state index >= 15 is 0 Å². The Morgan fingerprint density at radius 3 is 2.86 bits per heavy atom. The van der Waals surface area contributed by atoms with E-state index in [-0.39, 0.29) is 12.0 Å². The summed E-state index contributed by atoms with van der Waals surface area (Å²) >= 11 is 1.48. The van der Waals surface area contributed by atoms with Crippen molar-refractivity contribution >= 4 is 33.3 Å². The fourth-order valence-electron chi connectivity index (χ4n) is 4.06. The van der Waals surface area contributed by atoms with Crippen LogP contribution in [0.15, 0.2) is 6.33 Å². The molecule has 1 amide bonds. The zero-order valence-electron chi connectivity index (χ0n) is 16.7. The van der Waals surface area contributed by atoms with Gasteiger partial charge in [-0.3, -0.25) is 9.69 Å². The standard InChI is InChI=1S/C20H29N5O2S/c1-3-6-24-7-9-25(10-8-24)20(26)17-14(2)16-18(22-13-23-19(16)28-17)21-12-15-5-4-11-27-15/h13,15H,3-12H2,1-2H3,(H,21,22,23). The molecule has 2 aliphatic rings. The van der Waals surface area contributed by atoms with Crippen LogP contribution in [-0.2, 0) is 4.74 Å². The summed E-state index contributed by atoms with van der Waals surface area (Å²) in [5.74, 6) is 0.933. The lowest BCUT2D eigenvalue weighted by Crippen LogP contribution is -2.48. The summed E-state index contributed by atoms with van der Waals surface area (Å²) in [6.07, 6.45) is 5.17. The zero-order chi connectivity index (χ0) is 19.5. The number of aryl methyl sites for hydroxylation is 1. The number of carbonyl (C=O) groups excluding carboxylic acids is 1. The van der Waals surface area contributed by atoms with Crippen molar-refractivity contribution in [3.8, 4) is 0 Å². The third-order valence-corrected chi connectivity index (χ3v) is 6.83. The molecule has 0 bridgehead atoms. The van der Waals surface area contributed by atoms with Crippen LogP contribution in [0.2, 0.25) is 0 Å². The maximum Gasteiger partial charge on any atom is 0.264 e. The summed E-state index contributed by atoms with van der Waals surface area (Å²) in [5.41, 5.74) is 0.983. The maximum atomic E-state index is 13.2. The highest BCUT2D eigenvalue weighted by Crippen LogP contribution is 2.34. The predicted octanol–water partition coefficient (Wildman–Crippen LogP) is 2.76. The fraction of sp³-hybridized carbons (Fsp3) is 0.650. The molecule has 1 N–H and O–H groups in total. The van der Waals surface area contributed by atoms with E-state index in [4.69, 9.17) is 4.74 Å². The summed E-state index contributed by atoms with van der Waals surface area (Å²) in [6.45, 7) is 10.4. The number of hydrogen-bond acceptors (Lipinski definition) is 7. The third-order valence-electron chi connectivity index (χ3n) is 5.64. The van der Waals surface area contributed by atoms with Gasteiger partial charge in [-0.05, 0) is 38.3 Å². The van der Waals surface area contributed by atoms with Gasteiger partial charge in [0, 0.05) is 39.3 Å². The molecule has 0 aliphatic carbocycles. The van der Waals surface area contributed by atoms with Gasteiger partial charge in [-0.2, -0.15) is 0 Å². The molecule has 0 saturated carbocycles. The van der Waals surface area contributed by atoms with Gasteiger partial charge in [-0.1, -0.05) is 6.92 Å². The van der Waals surface area contributed by atoms with Crippen molar-refractivity contribution in [1.29, 1.82) is 0 Å². The molecule has 2 aliphatic heterocycles. The lowest BCUT2D eigenvalue weighted by atomic mass is 10.1. The molecular weight excluding hydrogens is 374 g/mol. The zero-order valence-corrected chi connectivity index (χ0v) is 17.6. The van der Waals surface area contributed by atoms with Crippen LogP contribution < -0.4 is 5.32 Å². The fourth-order valence-corrected chi connectivity index (χ4v) is 5.18. The van der Waals surface area contributed by atoms with E-state index in [1.807, 2.05) is 11.8 Å². The quantitative estimate of drug-likeness (QED) is 0.800. The largest absolute Gasteiger partial charge is 0.376 e. The number of fused-ring (bicyclic) bond motifs is 1. The molecule has 0 aromatic carbocycles. The first-order valence-electron chi connectivity index (χ1n) is 10.3. The van der Waals surface area contributed by atoms with E-state index < -0.39 is 0 Å². The highest BCUT2D eigenvalue weighted by atomic mass is 32.1. The minimum atomic E-state index is 0.127. The van der Waals surface area contributed by atoms with Gasteiger partial charge < -0.3 is 15.0 Å². The number of anilines is 1. The second-order valence-corrected chi connectivity index (χ2v) is 8.61. The van der Waals surface area contributed by atoms with E-state index in [0.717, 1.165) is 91.6 Å². The number of nitrogens with one attached hydrogen (secondary N) is 1. The number of nitrogens with zero attached hydrogens (tertiary/aromatic N) is 4. The minimum absolute atomic E-state index is 0.127. The minimum Gasteiger partial charge on any atom is -0.376 e. The smallest absolute Gasteiger partial charge is 0.264 e.